The van der Waals surface area contributed by atoms with Gasteiger partial charge in [-0.15, -0.1) is 0 Å². The van der Waals surface area contributed by atoms with Crippen molar-refractivity contribution in [2.24, 2.45) is 9.98 Å². The van der Waals surface area contributed by atoms with E-state index in [0.717, 1.165) is 33.9 Å². The third-order valence-electron chi connectivity index (χ3n) is 8.30. The fourth-order valence-corrected chi connectivity index (χ4v) is 5.37. The van der Waals surface area contributed by atoms with Gasteiger partial charge in [0.2, 0.25) is 23.3 Å². The quantitative estimate of drug-likeness (QED) is 0.0616. The molecule has 0 saturated carbocycles. The molecule has 27 heteroatoms. The predicted molar refractivity (Wildman–Crippen MR) is 210 cm³/mol. The minimum atomic E-state index is -1.01. The first-order chi connectivity index (χ1) is 29.6. The second-order valence-electron chi connectivity index (χ2n) is 11.9. The molecule has 0 spiro atoms. The molecule has 63 heavy (non-hydrogen) atoms. The van der Waals surface area contributed by atoms with Gasteiger partial charge in [0, 0.05) is 46.9 Å². The van der Waals surface area contributed by atoms with E-state index in [-0.39, 0.29) is 51.6 Å². The number of aromatic hydroxyl groups is 4. The number of hydrogen-bond acceptors (Lipinski definition) is 20. The summed E-state index contributed by atoms with van der Waals surface area (Å²) in [5.74, 6) is -2.55. The summed E-state index contributed by atoms with van der Waals surface area (Å²) in [5.41, 5.74) is -4.16. The Bertz CT molecular complexity index is 2750. The number of nitro groups is 4. The average Bonchev–Trinajstić information content (AvgIpc) is 3.76. The van der Waals surface area contributed by atoms with E-state index in [1.54, 1.807) is 54.6 Å². The van der Waals surface area contributed by atoms with Crippen molar-refractivity contribution in [3.05, 3.63) is 141 Å². The molecule has 4 aromatic carbocycles. The maximum atomic E-state index is 11.1. The van der Waals surface area contributed by atoms with Crippen molar-refractivity contribution in [3.63, 3.8) is 0 Å². The predicted octanol–water partition coefficient (Wildman–Crippen LogP) is 4.94. The third kappa shape index (κ3) is 9.61. The Hall–Kier alpha value is -9.31. The van der Waals surface area contributed by atoms with E-state index in [1.165, 1.54) is 13.2 Å². The fourth-order valence-electron chi connectivity index (χ4n) is 5.37. The molecule has 5 N–H and O–H groups in total. The van der Waals surface area contributed by atoms with Crippen molar-refractivity contribution in [3.8, 4) is 52.5 Å². The third-order valence-corrected chi connectivity index (χ3v) is 8.30. The van der Waals surface area contributed by atoms with E-state index >= 15 is 0 Å². The van der Waals surface area contributed by atoms with Crippen LogP contribution in [-0.2, 0) is 23.4 Å². The molecular formula is C36H24CoN12O14. The number of aliphatic hydroxyl groups excluding tert-OH is 1. The largest absolute Gasteiger partial charge is 0.501 e. The summed E-state index contributed by atoms with van der Waals surface area (Å²) in [4.78, 5) is 48.0. The van der Waals surface area contributed by atoms with Crippen molar-refractivity contribution in [2.45, 2.75) is 6.61 Å². The van der Waals surface area contributed by atoms with Gasteiger partial charge in [-0.05, 0) is 18.2 Å². The Kier molecular flexibility index (Phi) is 14.4. The van der Waals surface area contributed by atoms with Crippen LogP contribution >= 0.6 is 0 Å². The molecule has 1 radical (unpaired) electrons. The van der Waals surface area contributed by atoms with E-state index in [4.69, 9.17) is 4.74 Å². The number of aromatic nitrogens is 4. The van der Waals surface area contributed by atoms with E-state index in [1.807, 2.05) is 0 Å². The Labute approximate surface area is 360 Å². The number of non-ortho nitro benzene ring substituents is 2. The molecule has 6 aromatic rings. The molecule has 0 unspecified atom stereocenters. The maximum Gasteiger partial charge on any atom is 0.319 e. The first-order valence-corrected chi connectivity index (χ1v) is 16.7. The fraction of sp³-hybridized carbons (Fsp3) is 0.0556. The van der Waals surface area contributed by atoms with Crippen LogP contribution < -0.4 is 4.74 Å². The van der Waals surface area contributed by atoms with Crippen LogP contribution in [-0.4, -0.2) is 84.3 Å². The molecule has 2 aromatic heterocycles. The van der Waals surface area contributed by atoms with Crippen LogP contribution in [0.4, 0.5) is 34.1 Å². The van der Waals surface area contributed by atoms with Crippen LogP contribution in [0.1, 0.15) is 28.1 Å². The van der Waals surface area contributed by atoms with Gasteiger partial charge >= 0.3 is 11.4 Å². The van der Waals surface area contributed by atoms with Gasteiger partial charge in [-0.3, -0.25) is 50.4 Å². The number of rotatable bonds is 12. The van der Waals surface area contributed by atoms with Gasteiger partial charge in [0.15, 0.2) is 11.4 Å². The summed E-state index contributed by atoms with van der Waals surface area (Å²) in [6.07, 6.45) is 1.80. The average molecular weight is 908 g/mol. The molecule has 6 rings (SSSR count). The van der Waals surface area contributed by atoms with Gasteiger partial charge in [-0.1, -0.05) is 30.3 Å². The summed E-state index contributed by atoms with van der Waals surface area (Å²) in [6.45, 7) is -0.369. The number of aliphatic imine (C=N–C) groups is 2. The minimum absolute atomic E-state index is 0. The molecular weight excluding hydrogens is 883 g/mol. The molecule has 0 aliphatic rings. The monoisotopic (exact) mass is 907 g/mol. The van der Waals surface area contributed by atoms with Gasteiger partial charge < -0.3 is 30.3 Å². The van der Waals surface area contributed by atoms with E-state index in [9.17, 15) is 76.5 Å². The van der Waals surface area contributed by atoms with Crippen LogP contribution in [0.15, 0.2) is 82.8 Å². The van der Waals surface area contributed by atoms with Crippen LogP contribution in [0.5, 0.6) is 29.0 Å². The molecule has 0 aliphatic heterocycles. The van der Waals surface area contributed by atoms with Gasteiger partial charge in [0.1, 0.15) is 35.0 Å². The standard InChI is InChI=1S/2C18H12N6O7.Co/c1-31-16-5-3-2-4-14(16)22-18(26)11(13(8-19)21-22)9-20-12-6-10(23(27)28)7-15(17(12)25)24(29)30;19-7-14-12(18(27)22(21-14)15-4-2-1-3-10(15)9-25)8-20-13-5-11(23(28)29)6-16(17(13)26)24(30)31;/h2-7,9,25-26H,1H3;1-6,8,25-27H,9H2;. The zero-order valence-corrected chi connectivity index (χ0v) is 32.4. The number of hydrogen-bond donors (Lipinski definition) is 5. The van der Waals surface area contributed by atoms with Crippen LogP contribution in [0.25, 0.3) is 11.4 Å². The summed E-state index contributed by atoms with van der Waals surface area (Å²) in [7, 11) is 1.41. The Morgan fingerprint density at radius 3 is 1.49 bits per heavy atom. The van der Waals surface area contributed by atoms with Crippen LogP contribution in [0, 0.1) is 63.1 Å². The summed E-state index contributed by atoms with van der Waals surface area (Å²) < 4.78 is 7.21. The molecule has 2 heterocycles. The number of ether oxygens (including phenoxy) is 1. The summed E-state index contributed by atoms with van der Waals surface area (Å²) in [6, 6.07) is 19.2. The number of phenols is 2. The second kappa shape index (κ2) is 19.6. The first kappa shape index (κ1) is 46.4. The Morgan fingerprint density at radius 2 is 1.10 bits per heavy atom. The number of nitriles is 2. The van der Waals surface area contributed by atoms with Gasteiger partial charge in [-0.25, -0.2) is 0 Å². The van der Waals surface area contributed by atoms with Crippen LogP contribution in [0.3, 0.4) is 0 Å². The van der Waals surface area contributed by atoms with E-state index in [2.05, 4.69) is 20.2 Å². The molecule has 0 aliphatic carbocycles. The van der Waals surface area contributed by atoms with E-state index in [0.29, 0.717) is 29.1 Å². The zero-order chi connectivity index (χ0) is 45.4. The van der Waals surface area contributed by atoms with Crippen LogP contribution in [0.2, 0.25) is 0 Å². The number of phenolic OH excluding ortho intramolecular Hbond substituents is 2. The number of benzene rings is 4. The number of aliphatic hydroxyl groups is 1. The first-order valence-electron chi connectivity index (χ1n) is 16.7. The molecule has 0 saturated heterocycles. The summed E-state index contributed by atoms with van der Waals surface area (Å²) >= 11 is 0. The number of nitrogens with zero attached hydrogens (tertiary/aromatic N) is 12. The Balaban J connectivity index is 0.000000272. The molecule has 0 fully saturated rings. The van der Waals surface area contributed by atoms with Gasteiger partial charge in [0.25, 0.3) is 11.4 Å². The molecule has 0 atom stereocenters. The van der Waals surface area contributed by atoms with Crippen molar-refractivity contribution in [1.29, 1.82) is 10.5 Å². The molecule has 0 amide bonds. The maximum absolute atomic E-state index is 11.1. The van der Waals surface area contributed by atoms with Gasteiger partial charge in [0.05, 0.1) is 62.4 Å². The Morgan fingerprint density at radius 1 is 0.683 bits per heavy atom. The smallest absolute Gasteiger partial charge is 0.319 e. The molecule has 321 valence electrons. The zero-order valence-electron chi connectivity index (χ0n) is 31.4. The van der Waals surface area contributed by atoms with Crippen molar-refractivity contribution in [2.75, 3.05) is 7.11 Å². The molecule has 26 nitrogen and oxygen atoms in total. The second-order valence-corrected chi connectivity index (χ2v) is 11.9. The van der Waals surface area contributed by atoms with E-state index < -0.39 is 77.1 Å². The number of nitro benzene ring substituents is 4. The SMILES string of the molecule is COc1ccccc1-n1nc(C#N)c(C=Nc2cc([N+](=O)[O-])cc([N+](=O)[O-])c2O)c1O.N#Cc1nn(-c2ccccc2CO)c(O)c1C=Nc1cc([N+](=O)[O-])cc([N+](=O)[O-])c1O.[Co]. The van der Waals surface area contributed by atoms with Crippen molar-refractivity contribution in [1.82, 2.24) is 19.6 Å². The van der Waals surface area contributed by atoms with Crippen molar-refractivity contribution < 1.29 is 66.7 Å². The summed E-state index contributed by atoms with van der Waals surface area (Å²) in [5, 5.41) is 121. The number of para-hydroxylation sites is 3. The molecule has 0 bridgehead atoms. The van der Waals surface area contributed by atoms with Gasteiger partial charge in [-0.2, -0.15) is 30.1 Å². The topological polar surface area (TPSA) is 391 Å². The number of methoxy groups -OCH3 is 1. The van der Waals surface area contributed by atoms with Crippen molar-refractivity contribution >= 4 is 46.6 Å². The normalized spacial score (nSPS) is 10.6. The minimum Gasteiger partial charge on any atom is -0.501 e.